The Morgan fingerprint density at radius 2 is 1.63 bits per heavy atom. The molecule has 0 saturated carbocycles. The van der Waals surface area contributed by atoms with E-state index in [1.165, 1.54) is 6.07 Å². The minimum absolute atomic E-state index is 0.0149. The van der Waals surface area contributed by atoms with Crippen molar-refractivity contribution in [2.75, 3.05) is 23.8 Å². The predicted molar refractivity (Wildman–Crippen MR) is 139 cm³/mol. The summed E-state index contributed by atoms with van der Waals surface area (Å²) in [6.45, 7) is 4.90. The average Bonchev–Trinajstić information content (AvgIpc) is 2.81. The van der Waals surface area contributed by atoms with E-state index < -0.39 is 6.23 Å². The first-order valence-corrected chi connectivity index (χ1v) is 11.5. The molecule has 0 aliphatic rings. The zero-order chi connectivity index (χ0) is 25.3. The van der Waals surface area contributed by atoms with Crippen LogP contribution in [0.4, 0.5) is 17.1 Å². The number of nitrogens with one attached hydrogen (secondary N) is 3. The van der Waals surface area contributed by atoms with Gasteiger partial charge in [-0.2, -0.15) is 0 Å². The number of aliphatic hydroxyl groups is 1. The number of hydrogen-bond donors (Lipinski definition) is 6. The van der Waals surface area contributed by atoms with Gasteiger partial charge in [0.1, 0.15) is 24.3 Å². The number of nitrogens with two attached hydrogens (primary N) is 1. The lowest BCUT2D eigenvalue weighted by Crippen LogP contribution is -2.38. The summed E-state index contributed by atoms with van der Waals surface area (Å²) in [4.78, 5) is 10.6. The fraction of sp³-hybridized carbons (Fsp3) is 0.296. The van der Waals surface area contributed by atoms with Crippen molar-refractivity contribution in [3.8, 4) is 11.5 Å². The van der Waals surface area contributed by atoms with Gasteiger partial charge in [-0.3, -0.25) is 10.1 Å². The minimum Gasteiger partial charge on any atom is -0.506 e. The molecule has 0 radical (unpaired) electrons. The van der Waals surface area contributed by atoms with E-state index >= 15 is 0 Å². The van der Waals surface area contributed by atoms with E-state index in [0.717, 1.165) is 34.7 Å². The van der Waals surface area contributed by atoms with Crippen molar-refractivity contribution in [3.63, 3.8) is 0 Å². The summed E-state index contributed by atoms with van der Waals surface area (Å²) in [5.74, 6) is 0.765. The van der Waals surface area contributed by atoms with Crippen LogP contribution in [0.3, 0.4) is 0 Å². The van der Waals surface area contributed by atoms with Gasteiger partial charge in [0.2, 0.25) is 6.41 Å². The lowest BCUT2D eigenvalue weighted by atomic mass is 10.1. The molecule has 35 heavy (non-hydrogen) atoms. The second kappa shape index (κ2) is 12.2. The molecule has 0 saturated heterocycles. The molecule has 7 N–H and O–H groups in total. The van der Waals surface area contributed by atoms with Gasteiger partial charge in [0, 0.05) is 29.9 Å². The summed E-state index contributed by atoms with van der Waals surface area (Å²) >= 11 is 0. The molecule has 8 heteroatoms. The summed E-state index contributed by atoms with van der Waals surface area (Å²) in [5, 5.41) is 28.9. The molecule has 0 aliphatic heterocycles. The Bertz CT molecular complexity index is 1080. The lowest BCUT2D eigenvalue weighted by molar-refractivity contribution is -0.105. The van der Waals surface area contributed by atoms with Crippen LogP contribution in [0.15, 0.2) is 66.7 Å². The van der Waals surface area contributed by atoms with E-state index in [1.807, 2.05) is 50.2 Å². The second-order valence-electron chi connectivity index (χ2n) is 9.16. The number of anilines is 3. The van der Waals surface area contributed by atoms with E-state index in [0.29, 0.717) is 31.7 Å². The first-order chi connectivity index (χ1) is 16.7. The van der Waals surface area contributed by atoms with Gasteiger partial charge in [-0.1, -0.05) is 18.2 Å². The van der Waals surface area contributed by atoms with Gasteiger partial charge in [0.05, 0.1) is 5.69 Å². The third-order valence-corrected chi connectivity index (χ3v) is 5.21. The van der Waals surface area contributed by atoms with Crippen molar-refractivity contribution in [3.05, 3.63) is 77.9 Å². The SMILES string of the molecule is CC(C)(N)COc1ccc(Nc2ccc(CCN[C@H](O)Cc3ccc(O)c(NC=O)c3)cc2)cc1. The van der Waals surface area contributed by atoms with Crippen LogP contribution in [-0.2, 0) is 17.6 Å². The van der Waals surface area contributed by atoms with Crippen LogP contribution in [-0.4, -0.2) is 41.5 Å². The Kier molecular flexibility index (Phi) is 9.08. The molecule has 1 atom stereocenters. The van der Waals surface area contributed by atoms with Gasteiger partial charge in [-0.25, -0.2) is 0 Å². The number of amides is 1. The summed E-state index contributed by atoms with van der Waals surface area (Å²) < 4.78 is 5.70. The molecular formula is C27H34N4O4. The molecule has 8 nitrogen and oxygen atoms in total. The van der Waals surface area contributed by atoms with Crippen molar-refractivity contribution >= 4 is 23.5 Å². The molecule has 1 amide bonds. The van der Waals surface area contributed by atoms with E-state index in [2.05, 4.69) is 28.1 Å². The quantitative estimate of drug-likeness (QED) is 0.126. The normalized spacial score (nSPS) is 12.1. The van der Waals surface area contributed by atoms with Crippen molar-refractivity contribution < 1.29 is 19.7 Å². The lowest BCUT2D eigenvalue weighted by Gasteiger charge is -2.19. The van der Waals surface area contributed by atoms with Crippen LogP contribution in [0.5, 0.6) is 11.5 Å². The minimum atomic E-state index is -0.743. The molecule has 0 spiro atoms. The molecule has 0 unspecified atom stereocenters. The van der Waals surface area contributed by atoms with Crippen LogP contribution < -0.4 is 26.4 Å². The van der Waals surface area contributed by atoms with Gasteiger partial charge in [-0.15, -0.1) is 0 Å². The number of carbonyl (C=O) groups is 1. The zero-order valence-corrected chi connectivity index (χ0v) is 20.1. The third kappa shape index (κ3) is 8.94. The van der Waals surface area contributed by atoms with Crippen molar-refractivity contribution in [2.24, 2.45) is 5.73 Å². The number of aromatic hydroxyl groups is 1. The highest BCUT2D eigenvalue weighted by Crippen LogP contribution is 2.24. The number of phenols is 1. The summed E-state index contributed by atoms with van der Waals surface area (Å²) in [5.41, 5.74) is 9.77. The largest absolute Gasteiger partial charge is 0.506 e. The molecular weight excluding hydrogens is 444 g/mol. The maximum Gasteiger partial charge on any atom is 0.211 e. The molecule has 0 heterocycles. The fourth-order valence-electron chi connectivity index (χ4n) is 3.39. The van der Waals surface area contributed by atoms with E-state index in [-0.39, 0.29) is 11.3 Å². The number of ether oxygens (including phenoxy) is 1. The predicted octanol–water partition coefficient (Wildman–Crippen LogP) is 3.51. The first-order valence-electron chi connectivity index (χ1n) is 11.5. The molecule has 3 aromatic carbocycles. The Morgan fingerprint density at radius 1 is 1.00 bits per heavy atom. The molecule has 3 aromatic rings. The standard InChI is InChI=1S/C27H34N4O4/c1-27(2,28)17-35-23-10-8-22(9-11-23)31-21-6-3-19(4-7-21)13-14-29-26(34)16-20-5-12-25(33)24(15-20)30-18-32/h3-12,15,18,26,29,31,33-34H,13-14,16-17,28H2,1-2H3,(H,30,32)/t26-/m1/s1. The maximum atomic E-state index is 10.6. The van der Waals surface area contributed by atoms with Crippen molar-refractivity contribution in [1.29, 1.82) is 0 Å². The number of benzene rings is 3. The molecule has 0 fully saturated rings. The Balaban J connectivity index is 1.42. The molecule has 0 bridgehead atoms. The molecule has 3 rings (SSSR count). The second-order valence-corrected chi connectivity index (χ2v) is 9.16. The topological polar surface area (TPSA) is 129 Å². The van der Waals surface area contributed by atoms with E-state index in [9.17, 15) is 15.0 Å². The van der Waals surface area contributed by atoms with Gasteiger partial charge < -0.3 is 31.3 Å². The van der Waals surface area contributed by atoms with Crippen LogP contribution in [0, 0.1) is 0 Å². The molecule has 0 aliphatic carbocycles. The number of rotatable bonds is 13. The summed E-state index contributed by atoms with van der Waals surface area (Å²) in [6.07, 6.45) is 0.871. The van der Waals surface area contributed by atoms with Crippen LogP contribution in [0.25, 0.3) is 0 Å². The van der Waals surface area contributed by atoms with Gasteiger partial charge >= 0.3 is 0 Å². The Morgan fingerprint density at radius 3 is 2.26 bits per heavy atom. The zero-order valence-electron chi connectivity index (χ0n) is 20.1. The number of phenolic OH excluding ortho intramolecular Hbond substituents is 1. The van der Waals surface area contributed by atoms with Gasteiger partial charge in [0.15, 0.2) is 0 Å². The molecule has 186 valence electrons. The number of aliphatic hydroxyl groups excluding tert-OH is 1. The smallest absolute Gasteiger partial charge is 0.211 e. The number of carbonyl (C=O) groups excluding carboxylic acids is 1. The van der Waals surface area contributed by atoms with Crippen LogP contribution in [0.1, 0.15) is 25.0 Å². The Labute approximate surface area is 206 Å². The van der Waals surface area contributed by atoms with Gasteiger partial charge in [0.25, 0.3) is 0 Å². The van der Waals surface area contributed by atoms with Crippen molar-refractivity contribution in [2.45, 2.75) is 38.5 Å². The van der Waals surface area contributed by atoms with Crippen LogP contribution in [0.2, 0.25) is 0 Å². The van der Waals surface area contributed by atoms with Crippen LogP contribution >= 0.6 is 0 Å². The number of hydrogen-bond acceptors (Lipinski definition) is 7. The monoisotopic (exact) mass is 478 g/mol. The first kappa shape index (κ1) is 26.0. The highest BCUT2D eigenvalue weighted by Gasteiger charge is 2.11. The van der Waals surface area contributed by atoms with Crippen molar-refractivity contribution in [1.82, 2.24) is 5.32 Å². The maximum absolute atomic E-state index is 10.6. The molecule has 0 aromatic heterocycles. The highest BCUT2D eigenvalue weighted by atomic mass is 16.5. The highest BCUT2D eigenvalue weighted by molar-refractivity contribution is 5.75. The third-order valence-electron chi connectivity index (χ3n) is 5.21. The average molecular weight is 479 g/mol. The summed E-state index contributed by atoms with van der Waals surface area (Å²) in [6, 6.07) is 20.7. The summed E-state index contributed by atoms with van der Waals surface area (Å²) in [7, 11) is 0. The fourth-order valence-corrected chi connectivity index (χ4v) is 3.39. The van der Waals surface area contributed by atoms with E-state index in [4.69, 9.17) is 10.5 Å². The Hall–Kier alpha value is -3.59. The van der Waals surface area contributed by atoms with E-state index in [1.54, 1.807) is 12.1 Å². The van der Waals surface area contributed by atoms with Gasteiger partial charge in [-0.05, 0) is 79.9 Å².